The number of anilines is 1. The van der Waals surface area contributed by atoms with Gasteiger partial charge in [0.2, 0.25) is 5.91 Å². The third-order valence-electron chi connectivity index (χ3n) is 2.38. The summed E-state index contributed by atoms with van der Waals surface area (Å²) < 4.78 is 0. The first-order chi connectivity index (χ1) is 7.49. The van der Waals surface area contributed by atoms with Crippen LogP contribution in [0.25, 0.3) is 0 Å². The van der Waals surface area contributed by atoms with Gasteiger partial charge in [0.25, 0.3) is 0 Å². The molecule has 16 heavy (non-hydrogen) atoms. The highest BCUT2D eigenvalue weighted by molar-refractivity contribution is 7.81. The summed E-state index contributed by atoms with van der Waals surface area (Å²) in [7, 11) is 0. The molecule has 1 aliphatic rings. The predicted octanol–water partition coefficient (Wildman–Crippen LogP) is 3.68. The first kappa shape index (κ1) is 12.4. The van der Waals surface area contributed by atoms with E-state index >= 15 is 0 Å². The van der Waals surface area contributed by atoms with E-state index in [4.69, 9.17) is 34.8 Å². The van der Waals surface area contributed by atoms with Crippen LogP contribution >= 0.6 is 47.4 Å². The molecule has 0 radical (unpaired) electrons. The van der Waals surface area contributed by atoms with Crippen LogP contribution in [0.2, 0.25) is 15.1 Å². The molecule has 0 bridgehead atoms. The van der Waals surface area contributed by atoms with Gasteiger partial charge in [-0.1, -0.05) is 34.8 Å². The molecule has 1 heterocycles. The molecule has 0 aromatic heterocycles. The minimum absolute atomic E-state index is 0.0226. The number of benzene rings is 1. The van der Waals surface area contributed by atoms with Crippen molar-refractivity contribution in [2.45, 2.75) is 11.7 Å². The number of carbonyl (C=O) groups excluding carboxylic acids is 1. The fraction of sp³-hybridized carbons (Fsp3) is 0.300. The molecule has 0 aliphatic carbocycles. The Morgan fingerprint density at radius 1 is 1.25 bits per heavy atom. The van der Waals surface area contributed by atoms with Gasteiger partial charge in [0.15, 0.2) is 0 Å². The molecule has 0 N–H and O–H groups in total. The van der Waals surface area contributed by atoms with E-state index in [1.54, 1.807) is 17.0 Å². The number of rotatable bonds is 1. The second kappa shape index (κ2) is 4.65. The lowest BCUT2D eigenvalue weighted by molar-refractivity contribution is -0.117. The molecular formula is C10H8Cl3NOS. The summed E-state index contributed by atoms with van der Waals surface area (Å²) in [5.74, 6) is 0.0226. The van der Waals surface area contributed by atoms with Crippen LogP contribution in [0, 0.1) is 0 Å². The average molecular weight is 297 g/mol. The lowest BCUT2D eigenvalue weighted by atomic mass is 10.3. The Hall–Kier alpha value is -0.0900. The van der Waals surface area contributed by atoms with E-state index in [0.29, 0.717) is 33.7 Å². The van der Waals surface area contributed by atoms with Gasteiger partial charge in [-0.15, -0.1) is 0 Å². The van der Waals surface area contributed by atoms with Gasteiger partial charge in [-0.2, -0.15) is 12.6 Å². The summed E-state index contributed by atoms with van der Waals surface area (Å²) >= 11 is 21.9. The highest BCUT2D eigenvalue weighted by Gasteiger charge is 2.28. The third-order valence-corrected chi connectivity index (χ3v) is 3.93. The molecule has 1 aliphatic heterocycles. The van der Waals surface area contributed by atoms with Crippen molar-refractivity contribution < 1.29 is 4.79 Å². The zero-order valence-corrected chi connectivity index (χ0v) is 11.2. The van der Waals surface area contributed by atoms with Gasteiger partial charge < -0.3 is 4.90 Å². The lowest BCUT2D eigenvalue weighted by Crippen LogP contribution is -2.24. The molecule has 1 saturated heterocycles. The number of carbonyl (C=O) groups is 1. The van der Waals surface area contributed by atoms with Crippen LogP contribution in [0.1, 0.15) is 6.42 Å². The van der Waals surface area contributed by atoms with Gasteiger partial charge in [0.05, 0.1) is 15.1 Å². The van der Waals surface area contributed by atoms with Crippen LogP contribution in [0.5, 0.6) is 0 Å². The van der Waals surface area contributed by atoms with Crippen LogP contribution in [-0.2, 0) is 4.79 Å². The van der Waals surface area contributed by atoms with Crippen molar-refractivity contribution in [2.24, 2.45) is 0 Å². The molecule has 0 spiro atoms. The third kappa shape index (κ3) is 2.28. The standard InChI is InChI=1S/C10H8Cl3NOS/c11-7-1-5(2-8(12)10(7)13)14-4-6(16)3-9(14)15/h1-2,6,16H,3-4H2. The van der Waals surface area contributed by atoms with E-state index < -0.39 is 0 Å². The predicted molar refractivity (Wildman–Crippen MR) is 71.2 cm³/mol. The number of thiol groups is 1. The molecule has 1 atom stereocenters. The first-order valence-electron chi connectivity index (χ1n) is 4.62. The van der Waals surface area contributed by atoms with Crippen molar-refractivity contribution in [3.63, 3.8) is 0 Å². The van der Waals surface area contributed by atoms with Gasteiger partial charge in [0, 0.05) is 23.9 Å². The Labute approximate surface area is 114 Å². The van der Waals surface area contributed by atoms with Crippen LogP contribution in [-0.4, -0.2) is 17.7 Å². The van der Waals surface area contributed by atoms with Crippen molar-refractivity contribution in [3.8, 4) is 0 Å². The van der Waals surface area contributed by atoms with Crippen molar-refractivity contribution in [1.29, 1.82) is 0 Å². The van der Waals surface area contributed by atoms with E-state index in [1.165, 1.54) is 0 Å². The maximum atomic E-state index is 11.7. The highest BCUT2D eigenvalue weighted by Crippen LogP contribution is 2.36. The molecule has 6 heteroatoms. The Bertz CT molecular complexity index is 429. The SMILES string of the molecule is O=C1CC(S)CN1c1cc(Cl)c(Cl)c(Cl)c1. The average Bonchev–Trinajstić information content (AvgIpc) is 2.53. The Kier molecular flexibility index (Phi) is 3.59. The largest absolute Gasteiger partial charge is 0.311 e. The molecular weight excluding hydrogens is 289 g/mol. The van der Waals surface area contributed by atoms with Gasteiger partial charge in [-0.05, 0) is 12.1 Å². The van der Waals surface area contributed by atoms with Gasteiger partial charge in [0.1, 0.15) is 0 Å². The Balaban J connectivity index is 2.38. The smallest absolute Gasteiger partial charge is 0.228 e. The zero-order valence-electron chi connectivity index (χ0n) is 8.08. The molecule has 2 nitrogen and oxygen atoms in total. The summed E-state index contributed by atoms with van der Waals surface area (Å²) in [6, 6.07) is 3.28. The molecule has 1 amide bonds. The van der Waals surface area contributed by atoms with E-state index in [0.717, 1.165) is 0 Å². The van der Waals surface area contributed by atoms with Crippen molar-refractivity contribution >= 4 is 59.0 Å². The van der Waals surface area contributed by atoms with Gasteiger partial charge in [-0.3, -0.25) is 4.79 Å². The number of hydrogen-bond acceptors (Lipinski definition) is 2. The summed E-state index contributed by atoms with van der Waals surface area (Å²) in [5, 5.41) is 1.06. The van der Waals surface area contributed by atoms with Crippen LogP contribution in [0.15, 0.2) is 12.1 Å². The van der Waals surface area contributed by atoms with E-state index in [9.17, 15) is 4.79 Å². The molecule has 1 aromatic rings. The Morgan fingerprint density at radius 2 is 1.81 bits per heavy atom. The second-order valence-corrected chi connectivity index (χ2v) is 5.51. The molecule has 1 aromatic carbocycles. The molecule has 86 valence electrons. The maximum absolute atomic E-state index is 11.7. The number of amides is 1. The minimum Gasteiger partial charge on any atom is -0.311 e. The summed E-state index contributed by atoms with van der Waals surface area (Å²) in [6.07, 6.45) is 0.432. The lowest BCUT2D eigenvalue weighted by Gasteiger charge is -2.17. The number of hydrogen-bond donors (Lipinski definition) is 1. The molecule has 2 rings (SSSR count). The minimum atomic E-state index is 0.0226. The van der Waals surface area contributed by atoms with E-state index in [-0.39, 0.29) is 11.2 Å². The fourth-order valence-corrected chi connectivity index (χ4v) is 2.54. The summed E-state index contributed by atoms with van der Waals surface area (Å²) in [6.45, 7) is 0.566. The number of halogens is 3. The van der Waals surface area contributed by atoms with Gasteiger partial charge in [-0.25, -0.2) is 0 Å². The fourth-order valence-electron chi connectivity index (χ4n) is 1.64. The van der Waals surface area contributed by atoms with Crippen molar-refractivity contribution in [1.82, 2.24) is 0 Å². The van der Waals surface area contributed by atoms with E-state index in [1.807, 2.05) is 0 Å². The van der Waals surface area contributed by atoms with Crippen molar-refractivity contribution in [3.05, 3.63) is 27.2 Å². The van der Waals surface area contributed by atoms with E-state index in [2.05, 4.69) is 12.6 Å². The van der Waals surface area contributed by atoms with Crippen LogP contribution < -0.4 is 4.90 Å². The monoisotopic (exact) mass is 295 g/mol. The first-order valence-corrected chi connectivity index (χ1v) is 6.27. The molecule has 1 unspecified atom stereocenters. The maximum Gasteiger partial charge on any atom is 0.228 e. The zero-order chi connectivity index (χ0) is 11.9. The number of nitrogens with zero attached hydrogens (tertiary/aromatic N) is 1. The van der Waals surface area contributed by atoms with Gasteiger partial charge >= 0.3 is 0 Å². The van der Waals surface area contributed by atoms with Crippen LogP contribution in [0.4, 0.5) is 5.69 Å². The Morgan fingerprint density at radius 3 is 2.25 bits per heavy atom. The summed E-state index contributed by atoms with van der Waals surface area (Å²) in [4.78, 5) is 13.3. The molecule has 0 saturated carbocycles. The molecule has 1 fully saturated rings. The quantitative estimate of drug-likeness (QED) is 0.619. The summed E-state index contributed by atoms with van der Waals surface area (Å²) in [5.41, 5.74) is 0.668. The van der Waals surface area contributed by atoms with Crippen LogP contribution in [0.3, 0.4) is 0 Å². The normalized spacial score (nSPS) is 20.6. The van der Waals surface area contributed by atoms with Crippen molar-refractivity contribution in [2.75, 3.05) is 11.4 Å². The second-order valence-electron chi connectivity index (χ2n) is 3.59. The highest BCUT2D eigenvalue weighted by atomic mass is 35.5. The topological polar surface area (TPSA) is 20.3 Å².